The molecule has 0 saturated carbocycles. The number of nitrogens with two attached hydrogens (primary N) is 1. The van der Waals surface area contributed by atoms with Crippen LogP contribution in [-0.2, 0) is 19.3 Å². The van der Waals surface area contributed by atoms with Gasteiger partial charge in [-0.3, -0.25) is 9.78 Å². The van der Waals surface area contributed by atoms with E-state index in [0.29, 0.717) is 12.1 Å². The van der Waals surface area contributed by atoms with Gasteiger partial charge in [0.1, 0.15) is 0 Å². The Morgan fingerprint density at radius 2 is 1.86 bits per heavy atom. The summed E-state index contributed by atoms with van der Waals surface area (Å²) in [6, 6.07) is 8.67. The molecule has 22 heavy (non-hydrogen) atoms. The first kappa shape index (κ1) is 16.0. The first-order valence-electron chi connectivity index (χ1n) is 6.50. The molecule has 0 atom stereocenters. The third-order valence-corrected chi connectivity index (χ3v) is 3.06. The van der Waals surface area contributed by atoms with Gasteiger partial charge >= 0.3 is 6.18 Å². The lowest BCUT2D eigenvalue weighted by molar-refractivity contribution is -0.138. The molecule has 0 saturated heterocycles. The molecule has 2 rings (SSSR count). The molecule has 1 amide bonds. The van der Waals surface area contributed by atoms with Crippen LogP contribution in [0.5, 0.6) is 0 Å². The van der Waals surface area contributed by atoms with Gasteiger partial charge in [-0.1, -0.05) is 12.1 Å². The van der Waals surface area contributed by atoms with E-state index in [1.165, 1.54) is 12.3 Å². The van der Waals surface area contributed by atoms with Crippen LogP contribution in [0.15, 0.2) is 42.6 Å². The SMILES string of the molecule is NCc1ccc(C(=O)NCc2ncccc2C(F)(F)F)cc1. The second-order valence-corrected chi connectivity index (χ2v) is 4.58. The molecule has 0 spiro atoms. The number of nitrogens with zero attached hydrogens (tertiary/aromatic N) is 1. The van der Waals surface area contributed by atoms with Crippen LogP contribution in [0, 0.1) is 0 Å². The second-order valence-electron chi connectivity index (χ2n) is 4.58. The van der Waals surface area contributed by atoms with E-state index in [0.717, 1.165) is 11.6 Å². The third kappa shape index (κ3) is 3.82. The van der Waals surface area contributed by atoms with E-state index >= 15 is 0 Å². The number of pyridine rings is 1. The zero-order valence-electron chi connectivity index (χ0n) is 11.5. The van der Waals surface area contributed by atoms with Gasteiger partial charge in [-0.15, -0.1) is 0 Å². The summed E-state index contributed by atoms with van der Waals surface area (Å²) >= 11 is 0. The standard InChI is InChI=1S/C15H14F3N3O/c16-15(17,18)12-2-1-7-20-13(12)9-21-14(22)11-5-3-10(8-19)4-6-11/h1-7H,8-9,19H2,(H,21,22). The molecular formula is C15H14F3N3O. The van der Waals surface area contributed by atoms with Crippen LogP contribution in [0.1, 0.15) is 27.2 Å². The second kappa shape index (κ2) is 6.57. The Hall–Kier alpha value is -2.41. The van der Waals surface area contributed by atoms with Gasteiger partial charge in [-0.2, -0.15) is 13.2 Å². The van der Waals surface area contributed by atoms with Gasteiger partial charge in [0.25, 0.3) is 5.91 Å². The van der Waals surface area contributed by atoms with E-state index in [9.17, 15) is 18.0 Å². The lowest BCUT2D eigenvalue weighted by Gasteiger charge is -2.12. The summed E-state index contributed by atoms with van der Waals surface area (Å²) in [5, 5.41) is 2.43. The summed E-state index contributed by atoms with van der Waals surface area (Å²) in [5.41, 5.74) is 5.59. The largest absolute Gasteiger partial charge is 0.418 e. The molecule has 0 aliphatic rings. The zero-order chi connectivity index (χ0) is 16.2. The van der Waals surface area contributed by atoms with Crippen molar-refractivity contribution in [3.63, 3.8) is 0 Å². The van der Waals surface area contributed by atoms with E-state index in [-0.39, 0.29) is 12.2 Å². The molecule has 0 radical (unpaired) electrons. The average molecular weight is 309 g/mol. The average Bonchev–Trinajstić information content (AvgIpc) is 2.52. The van der Waals surface area contributed by atoms with Crippen molar-refractivity contribution < 1.29 is 18.0 Å². The van der Waals surface area contributed by atoms with E-state index in [1.54, 1.807) is 24.3 Å². The van der Waals surface area contributed by atoms with E-state index in [2.05, 4.69) is 10.3 Å². The van der Waals surface area contributed by atoms with Crippen molar-refractivity contribution in [1.82, 2.24) is 10.3 Å². The lowest BCUT2D eigenvalue weighted by atomic mass is 10.1. The molecule has 1 heterocycles. The number of amides is 1. The van der Waals surface area contributed by atoms with Crippen LogP contribution in [0.3, 0.4) is 0 Å². The van der Waals surface area contributed by atoms with Gasteiger partial charge in [0, 0.05) is 18.3 Å². The molecule has 7 heteroatoms. The molecule has 3 N–H and O–H groups in total. The van der Waals surface area contributed by atoms with Gasteiger partial charge in [0.05, 0.1) is 17.8 Å². The number of aromatic nitrogens is 1. The maximum absolute atomic E-state index is 12.8. The van der Waals surface area contributed by atoms with Crippen molar-refractivity contribution in [1.29, 1.82) is 0 Å². The molecule has 0 unspecified atom stereocenters. The van der Waals surface area contributed by atoms with Gasteiger partial charge in [0.2, 0.25) is 0 Å². The van der Waals surface area contributed by atoms with Crippen molar-refractivity contribution >= 4 is 5.91 Å². The minimum Gasteiger partial charge on any atom is -0.346 e. The summed E-state index contributed by atoms with van der Waals surface area (Å²) in [6.07, 6.45) is -3.25. The Balaban J connectivity index is 2.08. The monoisotopic (exact) mass is 309 g/mol. The topological polar surface area (TPSA) is 68.0 Å². The number of benzene rings is 1. The van der Waals surface area contributed by atoms with Crippen molar-refractivity contribution in [2.75, 3.05) is 0 Å². The van der Waals surface area contributed by atoms with Crippen LogP contribution in [-0.4, -0.2) is 10.9 Å². The molecule has 1 aromatic carbocycles. The minimum absolute atomic E-state index is 0.220. The number of carbonyl (C=O) groups is 1. The minimum atomic E-state index is -4.50. The quantitative estimate of drug-likeness (QED) is 0.912. The first-order chi connectivity index (χ1) is 10.4. The Morgan fingerprint density at radius 3 is 2.45 bits per heavy atom. The fourth-order valence-corrected chi connectivity index (χ4v) is 1.90. The summed E-state index contributed by atoms with van der Waals surface area (Å²) in [7, 11) is 0. The molecular weight excluding hydrogens is 295 g/mol. The van der Waals surface area contributed by atoms with Gasteiger partial charge in [-0.05, 0) is 29.8 Å². The molecule has 0 bridgehead atoms. The van der Waals surface area contributed by atoms with Crippen LogP contribution < -0.4 is 11.1 Å². The summed E-state index contributed by atoms with van der Waals surface area (Å²) in [4.78, 5) is 15.6. The fourth-order valence-electron chi connectivity index (χ4n) is 1.90. The summed E-state index contributed by atoms with van der Waals surface area (Å²) in [6.45, 7) is 0.0535. The van der Waals surface area contributed by atoms with E-state index < -0.39 is 17.6 Å². The van der Waals surface area contributed by atoms with E-state index in [4.69, 9.17) is 5.73 Å². The third-order valence-electron chi connectivity index (χ3n) is 3.06. The van der Waals surface area contributed by atoms with Crippen molar-refractivity contribution in [2.45, 2.75) is 19.3 Å². The maximum Gasteiger partial charge on any atom is 0.418 e. The number of alkyl halides is 3. The molecule has 0 aliphatic heterocycles. The molecule has 4 nitrogen and oxygen atoms in total. The molecule has 116 valence electrons. The maximum atomic E-state index is 12.8. The predicted octanol–water partition coefficient (Wildman–Crippen LogP) is 2.49. The van der Waals surface area contributed by atoms with Gasteiger partial charge < -0.3 is 11.1 Å². The number of rotatable bonds is 4. The fraction of sp³-hybridized carbons (Fsp3) is 0.200. The normalized spacial score (nSPS) is 11.3. The number of halogens is 3. The molecule has 2 aromatic rings. The Morgan fingerprint density at radius 1 is 1.18 bits per heavy atom. The highest BCUT2D eigenvalue weighted by Crippen LogP contribution is 2.30. The lowest BCUT2D eigenvalue weighted by Crippen LogP contribution is -2.25. The highest BCUT2D eigenvalue weighted by atomic mass is 19.4. The molecule has 1 aromatic heterocycles. The number of carbonyl (C=O) groups excluding carboxylic acids is 1. The first-order valence-corrected chi connectivity index (χ1v) is 6.50. The van der Waals surface area contributed by atoms with Crippen LogP contribution >= 0.6 is 0 Å². The van der Waals surface area contributed by atoms with Gasteiger partial charge in [-0.25, -0.2) is 0 Å². The summed E-state index contributed by atoms with van der Waals surface area (Å²) < 4.78 is 38.4. The highest BCUT2D eigenvalue weighted by molar-refractivity contribution is 5.94. The Kier molecular flexibility index (Phi) is 4.77. The summed E-state index contributed by atoms with van der Waals surface area (Å²) in [5.74, 6) is -0.470. The number of hydrogen-bond donors (Lipinski definition) is 2. The number of hydrogen-bond acceptors (Lipinski definition) is 3. The molecule has 0 aliphatic carbocycles. The molecule has 0 fully saturated rings. The van der Waals surface area contributed by atoms with Crippen LogP contribution in [0.4, 0.5) is 13.2 Å². The van der Waals surface area contributed by atoms with E-state index in [1.807, 2.05) is 0 Å². The van der Waals surface area contributed by atoms with Crippen molar-refractivity contribution in [3.05, 3.63) is 65.0 Å². The van der Waals surface area contributed by atoms with Crippen molar-refractivity contribution in [2.24, 2.45) is 5.73 Å². The smallest absolute Gasteiger partial charge is 0.346 e. The van der Waals surface area contributed by atoms with Crippen molar-refractivity contribution in [3.8, 4) is 0 Å². The zero-order valence-corrected chi connectivity index (χ0v) is 11.5. The predicted molar refractivity (Wildman–Crippen MR) is 74.7 cm³/mol. The van der Waals surface area contributed by atoms with Crippen LogP contribution in [0.2, 0.25) is 0 Å². The Bertz CT molecular complexity index is 654. The number of nitrogens with one attached hydrogen (secondary N) is 1. The highest BCUT2D eigenvalue weighted by Gasteiger charge is 2.33. The Labute approximate surface area is 125 Å². The van der Waals surface area contributed by atoms with Crippen LogP contribution in [0.25, 0.3) is 0 Å². The van der Waals surface area contributed by atoms with Gasteiger partial charge in [0.15, 0.2) is 0 Å².